The van der Waals surface area contributed by atoms with Crippen LogP contribution in [0.1, 0.15) is 26.7 Å². The van der Waals surface area contributed by atoms with Crippen molar-refractivity contribution in [2.75, 3.05) is 0 Å². The predicted molar refractivity (Wildman–Crippen MR) is 93.7 cm³/mol. The van der Waals surface area contributed by atoms with Gasteiger partial charge in [-0.1, -0.05) is 31.5 Å². The van der Waals surface area contributed by atoms with Gasteiger partial charge in [0.05, 0.1) is 24.2 Å². The minimum Gasteiger partial charge on any atom is -0.350 e. The first kappa shape index (κ1) is 19.1. The summed E-state index contributed by atoms with van der Waals surface area (Å²) in [6.45, 7) is 4.13. The normalized spacial score (nSPS) is 13.2. The van der Waals surface area contributed by atoms with Crippen molar-refractivity contribution in [3.8, 4) is 0 Å². The number of nitrogens with zero attached hydrogens (tertiary/aromatic N) is 2. The molecular formula is C16H23ClN4O2. The molecule has 2 unspecified atom stereocenters. The Balaban J connectivity index is 0.00000264. The molecule has 2 aromatic rings. The van der Waals surface area contributed by atoms with Gasteiger partial charge < -0.3 is 11.1 Å². The molecule has 1 aromatic carbocycles. The van der Waals surface area contributed by atoms with Crippen LogP contribution in [0.15, 0.2) is 35.3 Å². The fraction of sp³-hybridized carbons (Fsp3) is 0.438. The van der Waals surface area contributed by atoms with E-state index in [0.717, 1.165) is 11.8 Å². The standard InChI is InChI=1S/C16H22N4O2.ClH/c1-3-6-14(17)15(21)19-11(2)10-20-16(22)13-8-5-4-7-12(13)9-18-20;/h4-5,7-9,11,14H,3,6,10,17H2,1-2H3,(H,19,21);1H. The van der Waals surface area contributed by atoms with E-state index in [1.807, 2.05) is 32.0 Å². The Morgan fingerprint density at radius 3 is 2.78 bits per heavy atom. The highest BCUT2D eigenvalue weighted by Gasteiger charge is 2.16. The van der Waals surface area contributed by atoms with Gasteiger partial charge in [0, 0.05) is 11.4 Å². The van der Waals surface area contributed by atoms with Gasteiger partial charge in [0.1, 0.15) is 0 Å². The summed E-state index contributed by atoms with van der Waals surface area (Å²) in [5.74, 6) is -0.191. The molecule has 3 N–H and O–H groups in total. The van der Waals surface area contributed by atoms with Crippen molar-refractivity contribution in [1.82, 2.24) is 15.1 Å². The minimum atomic E-state index is -0.506. The second kappa shape index (κ2) is 8.64. The number of benzene rings is 1. The van der Waals surface area contributed by atoms with Crippen molar-refractivity contribution < 1.29 is 4.79 Å². The Morgan fingerprint density at radius 1 is 1.39 bits per heavy atom. The van der Waals surface area contributed by atoms with Gasteiger partial charge in [-0.2, -0.15) is 5.10 Å². The van der Waals surface area contributed by atoms with Gasteiger partial charge >= 0.3 is 0 Å². The number of amides is 1. The summed E-state index contributed by atoms with van der Waals surface area (Å²) in [4.78, 5) is 24.2. The minimum absolute atomic E-state index is 0. The van der Waals surface area contributed by atoms with Gasteiger partial charge in [-0.3, -0.25) is 9.59 Å². The number of rotatable bonds is 6. The van der Waals surface area contributed by atoms with Crippen LogP contribution in [0.25, 0.3) is 10.8 Å². The Labute approximate surface area is 141 Å². The molecule has 0 bridgehead atoms. The summed E-state index contributed by atoms with van der Waals surface area (Å²) in [5.41, 5.74) is 5.62. The average molecular weight is 339 g/mol. The van der Waals surface area contributed by atoms with Crippen molar-refractivity contribution in [1.29, 1.82) is 0 Å². The van der Waals surface area contributed by atoms with Gasteiger partial charge in [-0.15, -0.1) is 12.4 Å². The van der Waals surface area contributed by atoms with Crippen LogP contribution >= 0.6 is 12.4 Å². The van der Waals surface area contributed by atoms with Crippen molar-refractivity contribution in [3.63, 3.8) is 0 Å². The molecule has 0 aliphatic heterocycles. The van der Waals surface area contributed by atoms with E-state index in [1.54, 1.807) is 12.3 Å². The third-order valence-corrected chi connectivity index (χ3v) is 3.53. The van der Waals surface area contributed by atoms with Crippen LogP contribution in [0.5, 0.6) is 0 Å². The zero-order valence-corrected chi connectivity index (χ0v) is 14.2. The molecule has 0 saturated carbocycles. The molecule has 1 amide bonds. The molecule has 0 aliphatic rings. The number of aromatic nitrogens is 2. The Kier molecular flexibility index (Phi) is 7.19. The smallest absolute Gasteiger partial charge is 0.274 e. The Bertz CT molecular complexity index is 717. The van der Waals surface area contributed by atoms with Crippen LogP contribution < -0.4 is 16.6 Å². The predicted octanol–water partition coefficient (Wildman–Crippen LogP) is 1.45. The zero-order valence-electron chi connectivity index (χ0n) is 13.4. The van der Waals surface area contributed by atoms with Crippen molar-refractivity contribution >= 4 is 29.1 Å². The Morgan fingerprint density at radius 2 is 2.09 bits per heavy atom. The molecule has 23 heavy (non-hydrogen) atoms. The molecule has 7 heteroatoms. The number of halogens is 1. The lowest BCUT2D eigenvalue weighted by Gasteiger charge is -2.17. The first-order valence-electron chi connectivity index (χ1n) is 7.53. The largest absolute Gasteiger partial charge is 0.350 e. The lowest BCUT2D eigenvalue weighted by atomic mass is 10.1. The maximum atomic E-state index is 12.3. The van der Waals surface area contributed by atoms with E-state index in [9.17, 15) is 9.59 Å². The van der Waals surface area contributed by atoms with Crippen molar-refractivity contribution in [2.45, 2.75) is 45.3 Å². The lowest BCUT2D eigenvalue weighted by molar-refractivity contribution is -0.123. The highest BCUT2D eigenvalue weighted by atomic mass is 35.5. The van der Waals surface area contributed by atoms with Crippen LogP contribution in [0, 0.1) is 0 Å². The molecule has 6 nitrogen and oxygen atoms in total. The summed E-state index contributed by atoms with van der Waals surface area (Å²) < 4.78 is 1.37. The monoisotopic (exact) mass is 338 g/mol. The molecule has 1 aromatic heterocycles. The van der Waals surface area contributed by atoms with E-state index in [-0.39, 0.29) is 29.9 Å². The maximum absolute atomic E-state index is 12.3. The summed E-state index contributed by atoms with van der Waals surface area (Å²) in [6, 6.07) is 6.59. The number of fused-ring (bicyclic) bond motifs is 1. The topological polar surface area (TPSA) is 90.0 Å². The van der Waals surface area contributed by atoms with Crippen LogP contribution in [0.2, 0.25) is 0 Å². The number of carbonyl (C=O) groups excluding carboxylic acids is 1. The number of nitrogens with one attached hydrogen (secondary N) is 1. The van der Waals surface area contributed by atoms with Crippen molar-refractivity contribution in [2.24, 2.45) is 5.73 Å². The van der Waals surface area contributed by atoms with Gasteiger partial charge in [0.15, 0.2) is 0 Å². The van der Waals surface area contributed by atoms with Gasteiger partial charge in [-0.25, -0.2) is 4.68 Å². The third kappa shape index (κ3) is 4.77. The molecule has 0 saturated heterocycles. The number of carbonyl (C=O) groups is 1. The molecule has 2 atom stereocenters. The second-order valence-electron chi connectivity index (χ2n) is 5.52. The van der Waals surface area contributed by atoms with Crippen LogP contribution in [0.4, 0.5) is 0 Å². The first-order valence-corrected chi connectivity index (χ1v) is 7.53. The van der Waals surface area contributed by atoms with E-state index in [1.165, 1.54) is 4.68 Å². The fourth-order valence-electron chi connectivity index (χ4n) is 2.35. The second-order valence-corrected chi connectivity index (χ2v) is 5.52. The van der Waals surface area contributed by atoms with E-state index in [4.69, 9.17) is 5.73 Å². The maximum Gasteiger partial charge on any atom is 0.274 e. The number of hydrogen-bond donors (Lipinski definition) is 2. The molecule has 2 rings (SSSR count). The molecule has 0 fully saturated rings. The van der Waals surface area contributed by atoms with E-state index >= 15 is 0 Å². The SMILES string of the molecule is CCCC(N)C(=O)NC(C)Cn1ncc2ccccc2c1=O.Cl. The van der Waals surface area contributed by atoms with E-state index < -0.39 is 6.04 Å². The molecule has 126 valence electrons. The van der Waals surface area contributed by atoms with Crippen LogP contribution in [-0.4, -0.2) is 27.8 Å². The summed E-state index contributed by atoms with van der Waals surface area (Å²) in [7, 11) is 0. The molecule has 0 spiro atoms. The van der Waals surface area contributed by atoms with Crippen LogP contribution in [-0.2, 0) is 11.3 Å². The zero-order chi connectivity index (χ0) is 16.1. The van der Waals surface area contributed by atoms with Gasteiger partial charge in [0.2, 0.25) is 5.91 Å². The fourth-order valence-corrected chi connectivity index (χ4v) is 2.35. The summed E-state index contributed by atoms with van der Waals surface area (Å²) >= 11 is 0. The van der Waals surface area contributed by atoms with E-state index in [0.29, 0.717) is 18.4 Å². The highest BCUT2D eigenvalue weighted by Crippen LogP contribution is 2.06. The molecule has 0 radical (unpaired) electrons. The van der Waals surface area contributed by atoms with E-state index in [2.05, 4.69) is 10.4 Å². The van der Waals surface area contributed by atoms with Gasteiger partial charge in [0.25, 0.3) is 5.56 Å². The Hall–Kier alpha value is -1.92. The summed E-state index contributed by atoms with van der Waals surface area (Å²) in [6.07, 6.45) is 3.16. The highest BCUT2D eigenvalue weighted by molar-refractivity contribution is 5.85. The third-order valence-electron chi connectivity index (χ3n) is 3.53. The van der Waals surface area contributed by atoms with Crippen LogP contribution in [0.3, 0.4) is 0 Å². The lowest BCUT2D eigenvalue weighted by Crippen LogP contribution is -2.46. The van der Waals surface area contributed by atoms with Crippen molar-refractivity contribution in [3.05, 3.63) is 40.8 Å². The average Bonchev–Trinajstić information content (AvgIpc) is 2.50. The first-order chi connectivity index (χ1) is 10.5. The molecule has 1 heterocycles. The molecular weight excluding hydrogens is 316 g/mol. The number of nitrogens with two attached hydrogens (primary N) is 1. The quantitative estimate of drug-likeness (QED) is 0.834. The summed E-state index contributed by atoms with van der Waals surface area (Å²) in [5, 5.41) is 8.42. The van der Waals surface area contributed by atoms with Gasteiger partial charge in [-0.05, 0) is 19.4 Å². The number of hydrogen-bond acceptors (Lipinski definition) is 4. The molecule has 0 aliphatic carbocycles.